The highest BCUT2D eigenvalue weighted by Crippen LogP contribution is 2.49. The van der Waals surface area contributed by atoms with Gasteiger partial charge < -0.3 is 25.2 Å². The van der Waals surface area contributed by atoms with E-state index in [2.05, 4.69) is 17.0 Å². The number of hydrogen-bond acceptors (Lipinski definition) is 7. The molecule has 3 rings (SSSR count). The van der Waals surface area contributed by atoms with Crippen molar-refractivity contribution in [3.63, 3.8) is 0 Å². The van der Waals surface area contributed by atoms with Crippen LogP contribution in [0.5, 0.6) is 0 Å². The largest absolute Gasteiger partial charge is 0.393 e. The van der Waals surface area contributed by atoms with E-state index in [4.69, 9.17) is 4.74 Å². The van der Waals surface area contributed by atoms with E-state index in [1.54, 1.807) is 6.92 Å². The van der Waals surface area contributed by atoms with Gasteiger partial charge in [-0.15, -0.1) is 0 Å². The number of piperazine rings is 1. The third-order valence-corrected chi connectivity index (χ3v) is 7.11. The standard InChI is InChI=1S/C21H34N2O5/c1-18(15-24)20(3,26)21(4,27)19(2,25)17(28-18)23-12-10-22(11-13-23)14-16-8-6-5-7-9-16/h5-9,17,24-27H,10-15H2,1-4H3/t17-,18-,19+,20-,21+/m1/s1. The number of rotatable bonds is 4. The first-order valence-corrected chi connectivity index (χ1v) is 9.92. The van der Waals surface area contributed by atoms with E-state index in [-0.39, 0.29) is 0 Å². The van der Waals surface area contributed by atoms with E-state index in [1.807, 2.05) is 23.1 Å². The molecule has 0 aliphatic carbocycles. The van der Waals surface area contributed by atoms with Crippen molar-refractivity contribution in [2.45, 2.75) is 62.9 Å². The summed E-state index contributed by atoms with van der Waals surface area (Å²) in [5.41, 5.74) is -5.62. The first-order valence-electron chi connectivity index (χ1n) is 9.92. The minimum atomic E-state index is -1.89. The minimum absolute atomic E-state index is 0.475. The van der Waals surface area contributed by atoms with Crippen LogP contribution in [-0.4, -0.2) is 91.6 Å². The van der Waals surface area contributed by atoms with E-state index in [1.165, 1.54) is 26.3 Å². The van der Waals surface area contributed by atoms with Crippen molar-refractivity contribution in [2.75, 3.05) is 32.8 Å². The molecule has 0 bridgehead atoms. The van der Waals surface area contributed by atoms with E-state index >= 15 is 0 Å². The summed E-state index contributed by atoms with van der Waals surface area (Å²) >= 11 is 0. The molecule has 158 valence electrons. The Morgan fingerprint density at radius 3 is 2.04 bits per heavy atom. The maximum absolute atomic E-state index is 11.2. The number of aliphatic hydroxyl groups is 4. The molecule has 1 aromatic carbocycles. The molecule has 0 aromatic heterocycles. The lowest BCUT2D eigenvalue weighted by Gasteiger charge is -2.63. The zero-order chi connectivity index (χ0) is 20.8. The predicted octanol–water partition coefficient (Wildman–Crippen LogP) is 0.165. The summed E-state index contributed by atoms with van der Waals surface area (Å²) in [7, 11) is 0. The van der Waals surface area contributed by atoms with Gasteiger partial charge in [0.05, 0.1) is 6.61 Å². The van der Waals surface area contributed by atoms with E-state index in [9.17, 15) is 20.4 Å². The Kier molecular flexibility index (Phi) is 5.66. The first-order chi connectivity index (χ1) is 13.0. The second-order valence-corrected chi connectivity index (χ2v) is 8.95. The van der Waals surface area contributed by atoms with Gasteiger partial charge in [0.25, 0.3) is 0 Å². The van der Waals surface area contributed by atoms with Crippen LogP contribution in [0, 0.1) is 0 Å². The van der Waals surface area contributed by atoms with Crippen molar-refractivity contribution < 1.29 is 25.2 Å². The highest BCUT2D eigenvalue weighted by atomic mass is 16.6. The third-order valence-electron chi connectivity index (χ3n) is 7.11. The summed E-state index contributed by atoms with van der Waals surface area (Å²) < 4.78 is 6.08. The molecule has 28 heavy (non-hydrogen) atoms. The van der Waals surface area contributed by atoms with Crippen molar-refractivity contribution >= 4 is 0 Å². The van der Waals surface area contributed by atoms with Gasteiger partial charge in [-0.3, -0.25) is 9.80 Å². The topological polar surface area (TPSA) is 96.6 Å². The van der Waals surface area contributed by atoms with Gasteiger partial charge in [0.2, 0.25) is 0 Å². The Morgan fingerprint density at radius 2 is 1.50 bits per heavy atom. The van der Waals surface area contributed by atoms with Crippen molar-refractivity contribution in [3.05, 3.63) is 35.9 Å². The summed E-state index contributed by atoms with van der Waals surface area (Å²) in [4.78, 5) is 4.32. The van der Waals surface area contributed by atoms with Crippen molar-refractivity contribution in [3.8, 4) is 0 Å². The van der Waals surface area contributed by atoms with Crippen LogP contribution >= 0.6 is 0 Å². The molecule has 2 aliphatic heterocycles. The second kappa shape index (κ2) is 7.32. The lowest BCUT2D eigenvalue weighted by molar-refractivity contribution is -0.396. The van der Waals surface area contributed by atoms with Crippen LogP contribution in [0.25, 0.3) is 0 Å². The van der Waals surface area contributed by atoms with Crippen LogP contribution in [0.15, 0.2) is 30.3 Å². The average molecular weight is 395 g/mol. The Labute approximate surface area is 167 Å². The van der Waals surface area contributed by atoms with E-state index in [0.717, 1.165) is 19.6 Å². The van der Waals surface area contributed by atoms with Gasteiger partial charge in [-0.2, -0.15) is 0 Å². The average Bonchev–Trinajstić information content (AvgIpc) is 2.66. The number of benzene rings is 1. The molecule has 7 nitrogen and oxygen atoms in total. The quantitative estimate of drug-likeness (QED) is 0.578. The Bertz CT molecular complexity index is 671. The maximum atomic E-state index is 11.2. The van der Waals surface area contributed by atoms with Gasteiger partial charge in [0.1, 0.15) is 28.6 Å². The molecule has 0 spiro atoms. The minimum Gasteiger partial charge on any atom is -0.393 e. The predicted molar refractivity (Wildman–Crippen MR) is 106 cm³/mol. The molecule has 2 saturated heterocycles. The van der Waals surface area contributed by atoms with Gasteiger partial charge in [-0.1, -0.05) is 30.3 Å². The fourth-order valence-electron chi connectivity index (χ4n) is 4.34. The summed E-state index contributed by atoms with van der Waals surface area (Å²) in [6.07, 6.45) is -0.848. The molecule has 7 heteroatoms. The zero-order valence-corrected chi connectivity index (χ0v) is 17.3. The molecule has 2 fully saturated rings. The van der Waals surface area contributed by atoms with Crippen LogP contribution in [-0.2, 0) is 11.3 Å². The third kappa shape index (κ3) is 3.29. The van der Waals surface area contributed by atoms with Crippen LogP contribution in [0.3, 0.4) is 0 Å². The summed E-state index contributed by atoms with van der Waals surface area (Å²) in [6.45, 7) is 9.11. The van der Waals surface area contributed by atoms with Gasteiger partial charge in [0.15, 0.2) is 0 Å². The summed E-state index contributed by atoms with van der Waals surface area (Å²) in [5, 5.41) is 43.2. The number of ether oxygens (including phenoxy) is 1. The first kappa shape index (κ1) is 21.6. The number of aliphatic hydroxyl groups excluding tert-OH is 1. The second-order valence-electron chi connectivity index (χ2n) is 8.95. The zero-order valence-electron chi connectivity index (χ0n) is 17.3. The fourth-order valence-corrected chi connectivity index (χ4v) is 4.34. The Balaban J connectivity index is 1.74. The highest BCUT2D eigenvalue weighted by Gasteiger charge is 2.70. The van der Waals surface area contributed by atoms with Crippen LogP contribution < -0.4 is 0 Å². The number of nitrogens with zero attached hydrogens (tertiary/aromatic N) is 2. The molecule has 0 amide bonds. The molecule has 0 saturated carbocycles. The summed E-state index contributed by atoms with van der Waals surface area (Å²) in [6, 6.07) is 10.3. The molecule has 0 radical (unpaired) electrons. The lowest BCUT2D eigenvalue weighted by atomic mass is 9.63. The van der Waals surface area contributed by atoms with Crippen LogP contribution in [0.4, 0.5) is 0 Å². The molecule has 5 atom stereocenters. The molecular formula is C21H34N2O5. The monoisotopic (exact) mass is 394 g/mol. The normalized spacial score (nSPS) is 43.2. The van der Waals surface area contributed by atoms with Gasteiger partial charge in [0, 0.05) is 32.7 Å². The smallest absolute Gasteiger partial charge is 0.143 e. The van der Waals surface area contributed by atoms with Crippen molar-refractivity contribution in [2.24, 2.45) is 0 Å². The molecular weight excluding hydrogens is 360 g/mol. The Morgan fingerprint density at radius 1 is 0.929 bits per heavy atom. The van der Waals surface area contributed by atoms with Gasteiger partial charge in [-0.25, -0.2) is 0 Å². The van der Waals surface area contributed by atoms with E-state index in [0.29, 0.717) is 13.1 Å². The van der Waals surface area contributed by atoms with Crippen LogP contribution in [0.1, 0.15) is 33.3 Å². The number of hydrogen-bond donors (Lipinski definition) is 4. The van der Waals surface area contributed by atoms with Crippen LogP contribution in [0.2, 0.25) is 0 Å². The highest BCUT2D eigenvalue weighted by molar-refractivity contribution is 5.20. The SMILES string of the molecule is C[C@]1(O)[C@@](C)(O)[C@@](C)(O)[C@H](N2CCN(Cc3ccccc3)CC2)O[C@]1(C)CO. The van der Waals surface area contributed by atoms with Crippen molar-refractivity contribution in [1.29, 1.82) is 0 Å². The fraction of sp³-hybridized carbons (Fsp3) is 0.714. The molecule has 1 aromatic rings. The van der Waals surface area contributed by atoms with E-state index < -0.39 is 35.2 Å². The van der Waals surface area contributed by atoms with Gasteiger partial charge in [-0.05, 0) is 33.3 Å². The molecule has 2 aliphatic rings. The van der Waals surface area contributed by atoms with Crippen molar-refractivity contribution in [1.82, 2.24) is 9.80 Å². The molecule has 4 N–H and O–H groups in total. The molecule has 2 heterocycles. The molecule has 0 unspecified atom stereocenters. The summed E-state index contributed by atoms with van der Waals surface area (Å²) in [5.74, 6) is 0. The lowest BCUT2D eigenvalue weighted by Crippen LogP contribution is -2.83. The van der Waals surface area contributed by atoms with Gasteiger partial charge >= 0.3 is 0 Å². The maximum Gasteiger partial charge on any atom is 0.143 e. The Hall–Kier alpha value is -1.06.